The highest BCUT2D eigenvalue weighted by atomic mass is 32.2. The fourth-order valence-corrected chi connectivity index (χ4v) is 9.09. The van der Waals surface area contributed by atoms with Crippen LogP contribution in [-0.4, -0.2) is 43.4 Å². The molecule has 1 aromatic heterocycles. The average molecular weight is 794 g/mol. The highest BCUT2D eigenvalue weighted by Gasteiger charge is 2.49. The first kappa shape index (κ1) is 39.4. The van der Waals surface area contributed by atoms with E-state index < -0.39 is 40.5 Å². The predicted octanol–water partition coefficient (Wildman–Crippen LogP) is 9.60. The van der Waals surface area contributed by atoms with Crippen molar-refractivity contribution < 1.29 is 32.1 Å². The standard InChI is InChI=1S/C49H47NO7S/c1-36-16-14-15-25-45(36)58(51,52)50-29-28-41-26-27-42(30-43(41)50)46-48(55-33-39-21-10-4-11-22-39)49(56-34-40-23-12-5-13-24-40)47(54-32-38-19-8-3-9-20-38)44(57-46)35-53-31-37-17-6-2-7-18-37/h2-30,44,46-49H,31-35H2,1H3/t44-,46+,47-,48+,49+/m1/s1. The van der Waals surface area contributed by atoms with E-state index in [1.165, 1.54) is 3.97 Å². The van der Waals surface area contributed by atoms with Gasteiger partial charge in [0.1, 0.15) is 30.5 Å². The molecule has 2 heterocycles. The van der Waals surface area contributed by atoms with Crippen LogP contribution in [0.4, 0.5) is 0 Å². The molecule has 1 saturated heterocycles. The SMILES string of the molecule is Cc1ccccc1S(=O)(=O)n1ccc2ccc([C@@H]3O[C@H](COCc4ccccc4)[C@@H](OCc4ccccc4)[C@H](OCc4ccccc4)[C@H]3OCc3ccccc3)cc21. The van der Waals surface area contributed by atoms with Crippen LogP contribution in [0.25, 0.3) is 10.9 Å². The van der Waals surface area contributed by atoms with Crippen LogP contribution in [0, 0.1) is 6.92 Å². The molecule has 8 nitrogen and oxygen atoms in total. The van der Waals surface area contributed by atoms with Crippen LogP contribution < -0.4 is 0 Å². The molecular formula is C49H47NO7S. The van der Waals surface area contributed by atoms with Crippen LogP contribution in [0.1, 0.15) is 39.5 Å². The zero-order chi connectivity index (χ0) is 39.7. The van der Waals surface area contributed by atoms with Crippen LogP contribution in [0.2, 0.25) is 0 Å². The van der Waals surface area contributed by atoms with Gasteiger partial charge in [-0.2, -0.15) is 0 Å². The Hall–Kier alpha value is -5.39. The van der Waals surface area contributed by atoms with E-state index in [-0.39, 0.29) is 18.1 Å². The maximum Gasteiger partial charge on any atom is 0.268 e. The van der Waals surface area contributed by atoms with Crippen LogP contribution in [-0.2, 0) is 60.1 Å². The van der Waals surface area contributed by atoms with Gasteiger partial charge in [-0.15, -0.1) is 0 Å². The van der Waals surface area contributed by atoms with Crippen molar-refractivity contribution >= 4 is 20.9 Å². The average Bonchev–Trinajstić information content (AvgIpc) is 3.71. The third-order valence-corrected chi connectivity index (χ3v) is 12.4. The molecule has 0 N–H and O–H groups in total. The number of ether oxygens (including phenoxy) is 5. The molecule has 0 bridgehead atoms. The number of hydrogen-bond acceptors (Lipinski definition) is 7. The molecular weight excluding hydrogens is 747 g/mol. The summed E-state index contributed by atoms with van der Waals surface area (Å²) in [6, 6.07) is 54.8. The Morgan fingerprint density at radius 2 is 1.05 bits per heavy atom. The molecule has 0 amide bonds. The topological polar surface area (TPSA) is 85.2 Å². The van der Waals surface area contributed by atoms with E-state index >= 15 is 0 Å². The molecule has 8 rings (SSSR count). The van der Waals surface area contributed by atoms with E-state index in [0.29, 0.717) is 30.9 Å². The Morgan fingerprint density at radius 3 is 1.62 bits per heavy atom. The fourth-order valence-electron chi connectivity index (χ4n) is 7.52. The predicted molar refractivity (Wildman–Crippen MR) is 224 cm³/mol. The highest BCUT2D eigenvalue weighted by molar-refractivity contribution is 7.90. The Labute approximate surface area is 340 Å². The highest BCUT2D eigenvalue weighted by Crippen LogP contribution is 2.40. The van der Waals surface area contributed by atoms with Gasteiger partial charge in [-0.05, 0) is 58.5 Å². The van der Waals surface area contributed by atoms with Crippen molar-refractivity contribution in [2.24, 2.45) is 0 Å². The van der Waals surface area contributed by atoms with Crippen LogP contribution in [0.3, 0.4) is 0 Å². The summed E-state index contributed by atoms with van der Waals surface area (Å²) >= 11 is 0. The number of aromatic nitrogens is 1. The molecule has 1 fully saturated rings. The summed E-state index contributed by atoms with van der Waals surface area (Å²) in [5.41, 5.74) is 6.00. The lowest BCUT2D eigenvalue weighted by molar-refractivity contribution is -0.275. The van der Waals surface area contributed by atoms with Gasteiger partial charge < -0.3 is 23.7 Å². The molecule has 296 valence electrons. The summed E-state index contributed by atoms with van der Waals surface area (Å²) in [7, 11) is -3.92. The van der Waals surface area contributed by atoms with Crippen molar-refractivity contribution in [1.29, 1.82) is 0 Å². The second-order valence-electron chi connectivity index (χ2n) is 14.6. The van der Waals surface area contributed by atoms with E-state index in [1.54, 1.807) is 31.3 Å². The van der Waals surface area contributed by atoms with Crippen LogP contribution >= 0.6 is 0 Å². The molecule has 1 aliphatic rings. The van der Waals surface area contributed by atoms with Crippen LogP contribution in [0.5, 0.6) is 0 Å². The molecule has 7 aromatic rings. The van der Waals surface area contributed by atoms with Crippen molar-refractivity contribution in [1.82, 2.24) is 3.97 Å². The van der Waals surface area contributed by atoms with Crippen molar-refractivity contribution in [3.63, 3.8) is 0 Å². The number of fused-ring (bicyclic) bond motifs is 1. The molecule has 6 aromatic carbocycles. The van der Waals surface area contributed by atoms with E-state index in [4.69, 9.17) is 23.7 Å². The zero-order valence-corrected chi connectivity index (χ0v) is 33.2. The van der Waals surface area contributed by atoms with E-state index in [2.05, 4.69) is 0 Å². The lowest BCUT2D eigenvalue weighted by Gasteiger charge is -2.46. The molecule has 58 heavy (non-hydrogen) atoms. The Kier molecular flexibility index (Phi) is 12.6. The lowest BCUT2D eigenvalue weighted by Crippen LogP contribution is -2.58. The van der Waals surface area contributed by atoms with Gasteiger partial charge in [-0.1, -0.05) is 152 Å². The smallest absolute Gasteiger partial charge is 0.268 e. The van der Waals surface area contributed by atoms with Gasteiger partial charge in [0.25, 0.3) is 10.0 Å². The summed E-state index contributed by atoms with van der Waals surface area (Å²) in [6.07, 6.45) is -1.58. The minimum Gasteiger partial charge on any atom is -0.374 e. The Morgan fingerprint density at radius 1 is 0.552 bits per heavy atom. The molecule has 0 radical (unpaired) electrons. The maximum atomic E-state index is 14.2. The van der Waals surface area contributed by atoms with Gasteiger partial charge in [0.05, 0.1) is 43.4 Å². The van der Waals surface area contributed by atoms with Gasteiger partial charge in [-0.25, -0.2) is 12.4 Å². The number of aryl methyl sites for hydroxylation is 1. The fraction of sp³-hybridized carbons (Fsp3) is 0.224. The molecule has 0 unspecified atom stereocenters. The second kappa shape index (κ2) is 18.5. The van der Waals surface area contributed by atoms with Gasteiger partial charge >= 0.3 is 0 Å². The van der Waals surface area contributed by atoms with Crippen molar-refractivity contribution in [3.05, 3.63) is 209 Å². The van der Waals surface area contributed by atoms with Crippen molar-refractivity contribution in [2.75, 3.05) is 6.61 Å². The number of benzene rings is 6. The molecule has 0 spiro atoms. The summed E-state index contributed by atoms with van der Waals surface area (Å²) in [4.78, 5) is 0.249. The minimum atomic E-state index is -3.92. The Bertz CT molecular complexity index is 2480. The Balaban J connectivity index is 1.21. The summed E-state index contributed by atoms with van der Waals surface area (Å²) < 4.78 is 64.0. The van der Waals surface area contributed by atoms with Gasteiger partial charge in [-0.3, -0.25) is 0 Å². The third-order valence-electron chi connectivity index (χ3n) is 10.5. The van der Waals surface area contributed by atoms with E-state index in [0.717, 1.165) is 33.2 Å². The zero-order valence-electron chi connectivity index (χ0n) is 32.4. The van der Waals surface area contributed by atoms with E-state index in [9.17, 15) is 8.42 Å². The molecule has 0 aliphatic carbocycles. The summed E-state index contributed by atoms with van der Waals surface area (Å²) in [5.74, 6) is 0. The minimum absolute atomic E-state index is 0.210. The number of rotatable bonds is 16. The first-order valence-corrected chi connectivity index (χ1v) is 21.0. The first-order valence-electron chi connectivity index (χ1n) is 19.6. The number of hydrogen-bond donors (Lipinski definition) is 0. The van der Waals surface area contributed by atoms with Gasteiger partial charge in [0.15, 0.2) is 0 Å². The van der Waals surface area contributed by atoms with E-state index in [1.807, 2.05) is 152 Å². The molecule has 1 aliphatic heterocycles. The summed E-state index contributed by atoms with van der Waals surface area (Å²) in [5, 5.41) is 0.780. The lowest BCUT2D eigenvalue weighted by atomic mass is 9.90. The van der Waals surface area contributed by atoms with Gasteiger partial charge in [0, 0.05) is 11.6 Å². The van der Waals surface area contributed by atoms with Crippen molar-refractivity contribution in [3.8, 4) is 0 Å². The number of nitrogens with zero attached hydrogens (tertiary/aromatic N) is 1. The van der Waals surface area contributed by atoms with Crippen molar-refractivity contribution in [2.45, 2.75) is 68.8 Å². The largest absolute Gasteiger partial charge is 0.374 e. The normalized spacial score (nSPS) is 19.6. The first-order chi connectivity index (χ1) is 28.4. The molecule has 9 heteroatoms. The van der Waals surface area contributed by atoms with Crippen LogP contribution in [0.15, 0.2) is 181 Å². The third kappa shape index (κ3) is 9.16. The second-order valence-corrected chi connectivity index (χ2v) is 16.4. The monoisotopic (exact) mass is 793 g/mol. The maximum absolute atomic E-state index is 14.2. The molecule has 5 atom stereocenters. The summed E-state index contributed by atoms with van der Waals surface area (Å²) in [6.45, 7) is 3.32. The quantitative estimate of drug-likeness (QED) is 0.0964. The van der Waals surface area contributed by atoms with Gasteiger partial charge in [0.2, 0.25) is 0 Å². The molecule has 0 saturated carbocycles.